The van der Waals surface area contributed by atoms with E-state index in [0.717, 1.165) is 44.0 Å². The zero-order valence-electron chi connectivity index (χ0n) is 13.6. The largest absolute Gasteiger partial charge is 0.490 e. The Hall–Kier alpha value is -0.980. The van der Waals surface area contributed by atoms with Crippen molar-refractivity contribution < 1.29 is 13.9 Å². The van der Waals surface area contributed by atoms with Gasteiger partial charge in [0.05, 0.1) is 0 Å². The molecule has 2 aliphatic rings. The first kappa shape index (κ1) is 19.3. The summed E-state index contributed by atoms with van der Waals surface area (Å²) < 4.78 is 18.8. The molecule has 7 heteroatoms. The molecule has 0 radical (unpaired) electrons. The topological polar surface area (TPSA) is 41.6 Å². The van der Waals surface area contributed by atoms with E-state index in [1.165, 1.54) is 12.1 Å². The minimum Gasteiger partial charge on any atom is -0.490 e. The molecule has 0 aliphatic carbocycles. The van der Waals surface area contributed by atoms with Gasteiger partial charge < -0.3 is 15.0 Å². The average Bonchev–Trinajstić information content (AvgIpc) is 2.58. The van der Waals surface area contributed by atoms with E-state index in [2.05, 4.69) is 5.32 Å². The lowest BCUT2D eigenvalue weighted by atomic mass is 10.1. The molecule has 0 spiro atoms. The maximum Gasteiger partial charge on any atom is 0.224 e. The molecule has 24 heavy (non-hydrogen) atoms. The number of ether oxygens (including phenoxy) is 1. The van der Waals surface area contributed by atoms with Crippen molar-refractivity contribution in [2.75, 3.05) is 31.1 Å². The van der Waals surface area contributed by atoms with Crippen LogP contribution in [0.15, 0.2) is 24.3 Å². The van der Waals surface area contributed by atoms with E-state index in [9.17, 15) is 9.18 Å². The molecule has 2 fully saturated rings. The molecule has 2 heterocycles. The molecule has 0 saturated carbocycles. The molecular formula is C17H24ClFN2O2S. The van der Waals surface area contributed by atoms with Crippen molar-refractivity contribution in [3.8, 4) is 5.75 Å². The molecule has 2 aliphatic heterocycles. The number of carbonyl (C=O) groups excluding carboxylic acids is 1. The molecule has 1 amide bonds. The SMILES string of the molecule is Cl.O=C(CC1CSCCN1)N1CCC(Oc2ccc(F)cc2)CC1. The summed E-state index contributed by atoms with van der Waals surface area (Å²) in [4.78, 5) is 14.3. The third-order valence-corrected chi connectivity index (χ3v) is 5.46. The Kier molecular flexibility index (Phi) is 7.65. The van der Waals surface area contributed by atoms with Gasteiger partial charge in [0, 0.05) is 56.4 Å². The van der Waals surface area contributed by atoms with E-state index in [1.807, 2.05) is 16.7 Å². The summed E-state index contributed by atoms with van der Waals surface area (Å²) in [6.07, 6.45) is 2.36. The maximum absolute atomic E-state index is 12.9. The summed E-state index contributed by atoms with van der Waals surface area (Å²) in [5.41, 5.74) is 0. The van der Waals surface area contributed by atoms with Crippen molar-refractivity contribution >= 4 is 30.1 Å². The first-order valence-corrected chi connectivity index (χ1v) is 9.37. The summed E-state index contributed by atoms with van der Waals surface area (Å²) >= 11 is 1.91. The second-order valence-electron chi connectivity index (χ2n) is 6.08. The fraction of sp³-hybridized carbons (Fsp3) is 0.588. The zero-order valence-corrected chi connectivity index (χ0v) is 15.2. The molecule has 1 unspecified atom stereocenters. The van der Waals surface area contributed by atoms with Gasteiger partial charge >= 0.3 is 0 Å². The van der Waals surface area contributed by atoms with Crippen LogP contribution >= 0.6 is 24.2 Å². The van der Waals surface area contributed by atoms with Crippen LogP contribution in [0.25, 0.3) is 0 Å². The highest BCUT2D eigenvalue weighted by molar-refractivity contribution is 7.99. The number of nitrogens with one attached hydrogen (secondary N) is 1. The van der Waals surface area contributed by atoms with Crippen LogP contribution in [-0.2, 0) is 4.79 Å². The smallest absolute Gasteiger partial charge is 0.224 e. The summed E-state index contributed by atoms with van der Waals surface area (Å²) in [6, 6.07) is 6.43. The van der Waals surface area contributed by atoms with Gasteiger partial charge in [-0.15, -0.1) is 12.4 Å². The van der Waals surface area contributed by atoms with Crippen molar-refractivity contribution in [1.29, 1.82) is 0 Å². The highest BCUT2D eigenvalue weighted by Gasteiger charge is 2.26. The molecule has 1 aromatic carbocycles. The number of thioether (sulfide) groups is 1. The molecule has 3 rings (SSSR count). The van der Waals surface area contributed by atoms with Gasteiger partial charge in [-0.3, -0.25) is 4.79 Å². The maximum atomic E-state index is 12.9. The summed E-state index contributed by atoms with van der Waals surface area (Å²) in [6.45, 7) is 2.48. The van der Waals surface area contributed by atoms with Crippen LogP contribution in [-0.4, -0.2) is 54.1 Å². The standard InChI is InChI=1S/C17H23FN2O2S.ClH/c18-13-1-3-15(4-2-13)22-16-5-8-20(9-6-16)17(21)11-14-12-23-10-7-19-14;/h1-4,14,16,19H,5-12H2;1H. The fourth-order valence-corrected chi connectivity index (χ4v) is 3.97. The molecule has 134 valence electrons. The molecule has 1 atom stereocenters. The Labute approximate surface area is 152 Å². The number of rotatable bonds is 4. The lowest BCUT2D eigenvalue weighted by molar-refractivity contribution is -0.133. The Bertz CT molecular complexity index is 518. The van der Waals surface area contributed by atoms with E-state index in [-0.39, 0.29) is 30.2 Å². The predicted molar refractivity (Wildman–Crippen MR) is 97.6 cm³/mol. The highest BCUT2D eigenvalue weighted by Crippen LogP contribution is 2.20. The quantitative estimate of drug-likeness (QED) is 0.879. The van der Waals surface area contributed by atoms with Gasteiger partial charge in [-0.2, -0.15) is 11.8 Å². The van der Waals surface area contributed by atoms with Crippen LogP contribution in [0, 0.1) is 5.82 Å². The zero-order chi connectivity index (χ0) is 16.1. The minimum absolute atomic E-state index is 0. The normalized spacial score (nSPS) is 21.9. The first-order chi connectivity index (χ1) is 11.2. The van der Waals surface area contributed by atoms with Crippen LogP contribution in [0.2, 0.25) is 0 Å². The van der Waals surface area contributed by atoms with Gasteiger partial charge in [-0.1, -0.05) is 0 Å². The second kappa shape index (κ2) is 9.49. The van der Waals surface area contributed by atoms with Gasteiger partial charge in [0.1, 0.15) is 17.7 Å². The number of halogens is 2. The number of hydrogen-bond acceptors (Lipinski definition) is 4. The summed E-state index contributed by atoms with van der Waals surface area (Å²) in [5.74, 6) is 2.84. The molecule has 0 bridgehead atoms. The number of nitrogens with zero attached hydrogens (tertiary/aromatic N) is 1. The Morgan fingerprint density at radius 2 is 2.00 bits per heavy atom. The first-order valence-electron chi connectivity index (χ1n) is 8.22. The van der Waals surface area contributed by atoms with E-state index < -0.39 is 0 Å². The number of piperidine rings is 1. The van der Waals surface area contributed by atoms with E-state index in [0.29, 0.717) is 18.2 Å². The molecule has 4 nitrogen and oxygen atoms in total. The monoisotopic (exact) mass is 374 g/mol. The number of benzene rings is 1. The molecule has 2 saturated heterocycles. The fourth-order valence-electron chi connectivity index (χ4n) is 3.02. The van der Waals surface area contributed by atoms with Gasteiger partial charge in [0.25, 0.3) is 0 Å². The molecule has 1 aromatic rings. The highest BCUT2D eigenvalue weighted by atomic mass is 35.5. The summed E-state index contributed by atoms with van der Waals surface area (Å²) in [5, 5.41) is 3.41. The minimum atomic E-state index is -0.257. The third-order valence-electron chi connectivity index (χ3n) is 4.33. The molecular weight excluding hydrogens is 351 g/mol. The van der Waals surface area contributed by atoms with E-state index >= 15 is 0 Å². The lowest BCUT2D eigenvalue weighted by Crippen LogP contribution is -2.46. The van der Waals surface area contributed by atoms with Crippen LogP contribution < -0.4 is 10.1 Å². The van der Waals surface area contributed by atoms with Crippen LogP contribution in [0.4, 0.5) is 4.39 Å². The Morgan fingerprint density at radius 3 is 2.62 bits per heavy atom. The van der Waals surface area contributed by atoms with Crippen molar-refractivity contribution in [1.82, 2.24) is 10.2 Å². The van der Waals surface area contributed by atoms with Crippen molar-refractivity contribution in [3.63, 3.8) is 0 Å². The summed E-state index contributed by atoms with van der Waals surface area (Å²) in [7, 11) is 0. The number of carbonyl (C=O) groups is 1. The lowest BCUT2D eigenvalue weighted by Gasteiger charge is -2.33. The second-order valence-corrected chi connectivity index (χ2v) is 7.23. The van der Waals surface area contributed by atoms with Crippen LogP contribution in [0.3, 0.4) is 0 Å². The third kappa shape index (κ3) is 5.53. The average molecular weight is 375 g/mol. The number of hydrogen-bond donors (Lipinski definition) is 1. The van der Waals surface area contributed by atoms with Gasteiger partial charge in [-0.05, 0) is 24.3 Å². The van der Waals surface area contributed by atoms with Gasteiger partial charge in [0.2, 0.25) is 5.91 Å². The van der Waals surface area contributed by atoms with Crippen LogP contribution in [0.1, 0.15) is 19.3 Å². The van der Waals surface area contributed by atoms with Gasteiger partial charge in [-0.25, -0.2) is 4.39 Å². The van der Waals surface area contributed by atoms with Crippen LogP contribution in [0.5, 0.6) is 5.75 Å². The van der Waals surface area contributed by atoms with E-state index in [1.54, 1.807) is 12.1 Å². The van der Waals surface area contributed by atoms with Crippen molar-refractivity contribution in [3.05, 3.63) is 30.1 Å². The van der Waals surface area contributed by atoms with E-state index in [4.69, 9.17) is 4.74 Å². The number of amides is 1. The Balaban J connectivity index is 0.00000208. The molecule has 0 aromatic heterocycles. The van der Waals surface area contributed by atoms with Gasteiger partial charge in [0.15, 0.2) is 0 Å². The Morgan fingerprint density at radius 1 is 1.29 bits per heavy atom. The van der Waals surface area contributed by atoms with Crippen molar-refractivity contribution in [2.45, 2.75) is 31.4 Å². The number of likely N-dealkylation sites (tertiary alicyclic amines) is 1. The van der Waals surface area contributed by atoms with Crippen molar-refractivity contribution in [2.24, 2.45) is 0 Å². The predicted octanol–water partition coefficient (Wildman–Crippen LogP) is 2.71. The molecule has 1 N–H and O–H groups in total.